The molecule has 0 fully saturated rings. The molecule has 0 radical (unpaired) electrons. The molecule has 32 heavy (non-hydrogen) atoms. The minimum Gasteiger partial charge on any atom is -0.490 e. The van der Waals surface area contributed by atoms with E-state index in [9.17, 15) is 9.59 Å². The molecular weight excluding hydrogens is 449 g/mol. The molecule has 0 saturated carbocycles. The Morgan fingerprint density at radius 2 is 1.84 bits per heavy atom. The van der Waals surface area contributed by atoms with Gasteiger partial charge in [-0.05, 0) is 43.5 Å². The summed E-state index contributed by atoms with van der Waals surface area (Å²) in [5, 5.41) is 3.96. The molecule has 2 aromatic carbocycles. The molecule has 7 heteroatoms. The normalized spacial score (nSPS) is 18.2. The maximum absolute atomic E-state index is 13.2. The first kappa shape index (κ1) is 22.4. The lowest BCUT2D eigenvalue weighted by Gasteiger charge is -2.34. The van der Waals surface area contributed by atoms with Crippen molar-refractivity contribution in [3.05, 3.63) is 86.7 Å². The average molecular weight is 472 g/mol. The van der Waals surface area contributed by atoms with Crippen molar-refractivity contribution < 1.29 is 19.1 Å². The highest BCUT2D eigenvalue weighted by Crippen LogP contribution is 2.45. The first-order valence-electron chi connectivity index (χ1n) is 10.5. The number of benzene rings is 2. The SMILES string of the molecule is CC1=C(C(=O)OCCOc2ccccc2)C(c2cccc(Cl)c2Cl)C2=C(CCCC2=O)N1. The molecule has 4 rings (SSSR count). The molecule has 166 valence electrons. The van der Waals surface area contributed by atoms with Crippen molar-refractivity contribution in [3.63, 3.8) is 0 Å². The number of carbonyl (C=O) groups excluding carboxylic acids is 2. The predicted octanol–water partition coefficient (Wildman–Crippen LogP) is 5.58. The molecule has 5 nitrogen and oxygen atoms in total. The summed E-state index contributed by atoms with van der Waals surface area (Å²) >= 11 is 12.8. The number of ether oxygens (including phenoxy) is 2. The van der Waals surface area contributed by atoms with E-state index in [0.717, 1.165) is 18.5 Å². The number of esters is 1. The summed E-state index contributed by atoms with van der Waals surface area (Å²) in [6.07, 6.45) is 1.94. The van der Waals surface area contributed by atoms with Crippen molar-refractivity contribution in [1.82, 2.24) is 5.32 Å². The van der Waals surface area contributed by atoms with Crippen LogP contribution in [0.15, 0.2) is 71.1 Å². The summed E-state index contributed by atoms with van der Waals surface area (Å²) in [4.78, 5) is 26.1. The van der Waals surface area contributed by atoms with Crippen molar-refractivity contribution in [3.8, 4) is 5.75 Å². The fourth-order valence-corrected chi connectivity index (χ4v) is 4.61. The zero-order valence-electron chi connectivity index (χ0n) is 17.6. The third-order valence-electron chi connectivity index (χ3n) is 5.62. The molecule has 0 bridgehead atoms. The number of ketones is 1. The Balaban J connectivity index is 1.60. The molecule has 0 aromatic heterocycles. The Hall–Kier alpha value is -2.76. The van der Waals surface area contributed by atoms with Crippen molar-refractivity contribution in [1.29, 1.82) is 0 Å². The lowest BCUT2D eigenvalue weighted by atomic mass is 9.75. The number of hydrogen-bond donors (Lipinski definition) is 1. The molecule has 1 N–H and O–H groups in total. The van der Waals surface area contributed by atoms with Crippen LogP contribution in [0.25, 0.3) is 0 Å². The number of dihydropyridines is 1. The van der Waals surface area contributed by atoms with E-state index in [2.05, 4.69) is 5.32 Å². The van der Waals surface area contributed by atoms with Gasteiger partial charge in [0.25, 0.3) is 0 Å². The maximum atomic E-state index is 13.2. The van der Waals surface area contributed by atoms with Gasteiger partial charge in [0.15, 0.2) is 5.78 Å². The van der Waals surface area contributed by atoms with Crippen LogP contribution in [0.2, 0.25) is 10.0 Å². The van der Waals surface area contributed by atoms with Gasteiger partial charge >= 0.3 is 5.97 Å². The second-order valence-electron chi connectivity index (χ2n) is 7.71. The van der Waals surface area contributed by atoms with Gasteiger partial charge in [-0.15, -0.1) is 0 Å². The van der Waals surface area contributed by atoms with Gasteiger partial charge in [-0.25, -0.2) is 4.79 Å². The van der Waals surface area contributed by atoms with Crippen molar-refractivity contribution >= 4 is 35.0 Å². The highest BCUT2D eigenvalue weighted by Gasteiger charge is 2.40. The maximum Gasteiger partial charge on any atom is 0.336 e. The quantitative estimate of drug-likeness (QED) is 0.439. The number of carbonyl (C=O) groups is 2. The Kier molecular flexibility index (Phi) is 6.87. The van der Waals surface area contributed by atoms with E-state index in [0.29, 0.717) is 44.6 Å². The molecular formula is C25H23Cl2NO4. The number of halogens is 2. The number of rotatable bonds is 6. The zero-order chi connectivity index (χ0) is 22.7. The third kappa shape index (κ3) is 4.54. The van der Waals surface area contributed by atoms with Crippen LogP contribution in [0.5, 0.6) is 5.75 Å². The predicted molar refractivity (Wildman–Crippen MR) is 124 cm³/mol. The summed E-state index contributed by atoms with van der Waals surface area (Å²) < 4.78 is 11.1. The van der Waals surface area contributed by atoms with Gasteiger partial charge in [0.1, 0.15) is 19.0 Å². The number of para-hydroxylation sites is 1. The Labute approximate surface area is 197 Å². The van der Waals surface area contributed by atoms with Crippen LogP contribution >= 0.6 is 23.2 Å². The number of nitrogens with one attached hydrogen (secondary N) is 1. The van der Waals surface area contributed by atoms with E-state index in [-0.39, 0.29) is 19.0 Å². The first-order chi connectivity index (χ1) is 15.5. The number of allylic oxidation sites excluding steroid dienone is 3. The number of Topliss-reactive ketones (excluding diaryl/α,β-unsaturated/α-hetero) is 1. The fraction of sp³-hybridized carbons (Fsp3) is 0.280. The molecule has 0 saturated heterocycles. The lowest BCUT2D eigenvalue weighted by molar-refractivity contribution is -0.140. The summed E-state index contributed by atoms with van der Waals surface area (Å²) in [7, 11) is 0. The standard InChI is InChI=1S/C25H23Cl2NO4/c1-15-21(25(30)32-14-13-31-16-7-3-2-4-8-16)22(17-9-5-10-18(26)24(17)27)23-19(28-15)11-6-12-20(23)29/h2-5,7-10,22,28H,6,11-14H2,1H3. The van der Waals surface area contributed by atoms with Crippen LogP contribution in [0, 0.1) is 0 Å². The van der Waals surface area contributed by atoms with Gasteiger partial charge in [0.05, 0.1) is 15.6 Å². The highest BCUT2D eigenvalue weighted by molar-refractivity contribution is 6.42. The van der Waals surface area contributed by atoms with Crippen LogP contribution < -0.4 is 10.1 Å². The van der Waals surface area contributed by atoms with Crippen LogP contribution in [0.3, 0.4) is 0 Å². The summed E-state index contributed by atoms with van der Waals surface area (Å²) in [6.45, 7) is 2.09. The summed E-state index contributed by atoms with van der Waals surface area (Å²) in [5.74, 6) is -0.445. The van der Waals surface area contributed by atoms with Gasteiger partial charge in [0.2, 0.25) is 0 Å². The molecule has 0 amide bonds. The Morgan fingerprint density at radius 3 is 2.62 bits per heavy atom. The van der Waals surface area contributed by atoms with E-state index in [1.54, 1.807) is 18.2 Å². The van der Waals surface area contributed by atoms with E-state index < -0.39 is 11.9 Å². The molecule has 0 spiro atoms. The second-order valence-corrected chi connectivity index (χ2v) is 8.49. The summed E-state index contributed by atoms with van der Waals surface area (Å²) in [5.41, 5.74) is 3.04. The molecule has 1 aliphatic heterocycles. The minimum absolute atomic E-state index is 0.00463. The molecule has 2 aromatic rings. The molecule has 2 aliphatic rings. The van der Waals surface area contributed by atoms with Gasteiger partial charge in [-0.1, -0.05) is 53.5 Å². The Bertz CT molecular complexity index is 1110. The Morgan fingerprint density at radius 1 is 1.06 bits per heavy atom. The molecule has 1 aliphatic carbocycles. The van der Waals surface area contributed by atoms with Crippen LogP contribution in [-0.4, -0.2) is 25.0 Å². The van der Waals surface area contributed by atoms with Gasteiger partial charge in [0, 0.05) is 29.3 Å². The van der Waals surface area contributed by atoms with E-state index >= 15 is 0 Å². The van der Waals surface area contributed by atoms with Crippen molar-refractivity contribution in [2.24, 2.45) is 0 Å². The molecule has 1 unspecified atom stereocenters. The van der Waals surface area contributed by atoms with Gasteiger partial charge < -0.3 is 14.8 Å². The smallest absolute Gasteiger partial charge is 0.336 e. The van der Waals surface area contributed by atoms with E-state index in [1.807, 2.05) is 37.3 Å². The average Bonchev–Trinajstić information content (AvgIpc) is 2.78. The molecule has 1 atom stereocenters. The molecule has 1 heterocycles. The van der Waals surface area contributed by atoms with Crippen molar-refractivity contribution in [2.45, 2.75) is 32.1 Å². The fourth-order valence-electron chi connectivity index (χ4n) is 4.20. The third-order valence-corrected chi connectivity index (χ3v) is 6.45. The zero-order valence-corrected chi connectivity index (χ0v) is 19.1. The van der Waals surface area contributed by atoms with Crippen LogP contribution in [-0.2, 0) is 14.3 Å². The van der Waals surface area contributed by atoms with Gasteiger partial charge in [-0.2, -0.15) is 0 Å². The van der Waals surface area contributed by atoms with Gasteiger partial charge in [-0.3, -0.25) is 4.79 Å². The minimum atomic E-state index is -0.632. The van der Waals surface area contributed by atoms with E-state index in [4.69, 9.17) is 32.7 Å². The van der Waals surface area contributed by atoms with Crippen molar-refractivity contribution in [2.75, 3.05) is 13.2 Å². The lowest BCUT2D eigenvalue weighted by Crippen LogP contribution is -2.34. The second kappa shape index (κ2) is 9.80. The highest BCUT2D eigenvalue weighted by atomic mass is 35.5. The summed E-state index contributed by atoms with van der Waals surface area (Å²) in [6, 6.07) is 14.6. The first-order valence-corrected chi connectivity index (χ1v) is 11.3. The van der Waals surface area contributed by atoms with Crippen LogP contribution in [0.1, 0.15) is 37.7 Å². The monoisotopic (exact) mass is 471 g/mol. The largest absolute Gasteiger partial charge is 0.490 e. The van der Waals surface area contributed by atoms with E-state index in [1.165, 1.54) is 0 Å². The van der Waals surface area contributed by atoms with Crippen LogP contribution in [0.4, 0.5) is 0 Å². The number of hydrogen-bond acceptors (Lipinski definition) is 5. The topological polar surface area (TPSA) is 64.6 Å².